The molecule has 1 heterocycles. The first-order chi connectivity index (χ1) is 9.06. The number of carbonyl (C=O) groups excluding carboxylic acids is 1. The molecule has 0 bridgehead atoms. The molecule has 0 aromatic heterocycles. The lowest BCUT2D eigenvalue weighted by atomic mass is 10.0. The van der Waals surface area contributed by atoms with Crippen LogP contribution in [0.25, 0.3) is 0 Å². The Morgan fingerprint density at radius 3 is 3.05 bits per heavy atom. The summed E-state index contributed by atoms with van der Waals surface area (Å²) >= 11 is 7.87. The molecular formula is C14H19ClN2OS. The molecule has 5 heteroatoms. The van der Waals surface area contributed by atoms with Crippen LogP contribution in [0, 0.1) is 0 Å². The van der Waals surface area contributed by atoms with Gasteiger partial charge in [-0.2, -0.15) is 0 Å². The maximum atomic E-state index is 11.9. The minimum Gasteiger partial charge on any atom is -0.348 e. The fraction of sp³-hybridized carbons (Fsp3) is 0.500. The summed E-state index contributed by atoms with van der Waals surface area (Å²) < 4.78 is 0. The number of hydrogen-bond acceptors (Lipinski definition) is 3. The molecule has 2 N–H and O–H groups in total. The normalized spacial score (nSPS) is 18.2. The highest BCUT2D eigenvalue weighted by atomic mass is 35.5. The molecule has 104 valence electrons. The Bertz CT molecular complexity index is 465. The average molecular weight is 299 g/mol. The first kappa shape index (κ1) is 14.7. The molecule has 1 unspecified atom stereocenters. The lowest BCUT2D eigenvalue weighted by Crippen LogP contribution is -2.39. The van der Waals surface area contributed by atoms with Crippen molar-refractivity contribution in [2.75, 3.05) is 12.3 Å². The Morgan fingerprint density at radius 1 is 1.53 bits per heavy atom. The number of rotatable bonds is 4. The summed E-state index contributed by atoms with van der Waals surface area (Å²) in [4.78, 5) is 13.1. The average Bonchev–Trinajstić information content (AvgIpc) is 2.37. The van der Waals surface area contributed by atoms with Crippen molar-refractivity contribution in [3.8, 4) is 0 Å². The van der Waals surface area contributed by atoms with Crippen molar-refractivity contribution < 1.29 is 4.79 Å². The van der Waals surface area contributed by atoms with Crippen molar-refractivity contribution in [3.63, 3.8) is 0 Å². The van der Waals surface area contributed by atoms with E-state index in [2.05, 4.69) is 10.6 Å². The Morgan fingerprint density at radius 2 is 2.32 bits per heavy atom. The molecular weight excluding hydrogens is 280 g/mol. The van der Waals surface area contributed by atoms with Gasteiger partial charge in [-0.25, -0.2) is 0 Å². The van der Waals surface area contributed by atoms with Crippen LogP contribution in [0.15, 0.2) is 23.1 Å². The standard InChI is InChI=1S/C14H19ClN2OS/c1-9(2)16-8-14(18)17-12-5-6-19-13-4-3-10(15)7-11(12)13/h3-4,7,9,12,16H,5-6,8H2,1-2H3,(H,17,18). The van der Waals surface area contributed by atoms with Gasteiger partial charge in [0, 0.05) is 21.7 Å². The van der Waals surface area contributed by atoms with E-state index in [0.29, 0.717) is 12.6 Å². The third kappa shape index (κ3) is 4.13. The van der Waals surface area contributed by atoms with Crippen molar-refractivity contribution in [2.24, 2.45) is 0 Å². The van der Waals surface area contributed by atoms with Gasteiger partial charge in [0.2, 0.25) is 5.91 Å². The van der Waals surface area contributed by atoms with Gasteiger partial charge >= 0.3 is 0 Å². The molecule has 0 radical (unpaired) electrons. The van der Waals surface area contributed by atoms with E-state index in [9.17, 15) is 4.79 Å². The lowest BCUT2D eigenvalue weighted by molar-refractivity contribution is -0.121. The van der Waals surface area contributed by atoms with Crippen LogP contribution in [0.1, 0.15) is 31.9 Å². The summed E-state index contributed by atoms with van der Waals surface area (Å²) in [5.41, 5.74) is 1.14. The van der Waals surface area contributed by atoms with E-state index in [0.717, 1.165) is 22.8 Å². The molecule has 19 heavy (non-hydrogen) atoms. The van der Waals surface area contributed by atoms with Crippen LogP contribution in [0.3, 0.4) is 0 Å². The monoisotopic (exact) mass is 298 g/mol. The number of fused-ring (bicyclic) bond motifs is 1. The zero-order chi connectivity index (χ0) is 13.8. The molecule has 1 aromatic rings. The fourth-order valence-corrected chi connectivity index (χ4v) is 3.34. The van der Waals surface area contributed by atoms with Gasteiger partial charge in [0.1, 0.15) is 0 Å². The van der Waals surface area contributed by atoms with E-state index >= 15 is 0 Å². The highest BCUT2D eigenvalue weighted by Gasteiger charge is 2.22. The van der Waals surface area contributed by atoms with Crippen molar-refractivity contribution in [1.82, 2.24) is 10.6 Å². The molecule has 0 saturated heterocycles. The zero-order valence-electron chi connectivity index (χ0n) is 11.2. The predicted molar refractivity (Wildman–Crippen MR) is 80.8 cm³/mol. The van der Waals surface area contributed by atoms with Crippen LogP contribution in [-0.2, 0) is 4.79 Å². The van der Waals surface area contributed by atoms with E-state index in [1.165, 1.54) is 4.90 Å². The van der Waals surface area contributed by atoms with Crippen LogP contribution in [0.2, 0.25) is 5.02 Å². The number of benzene rings is 1. The second kappa shape index (κ2) is 6.64. The number of nitrogens with one attached hydrogen (secondary N) is 2. The van der Waals surface area contributed by atoms with Crippen LogP contribution >= 0.6 is 23.4 Å². The first-order valence-corrected chi connectivity index (χ1v) is 7.87. The molecule has 0 aliphatic carbocycles. The van der Waals surface area contributed by atoms with Crippen LogP contribution in [0.4, 0.5) is 0 Å². The minimum atomic E-state index is 0.0384. The molecule has 1 aromatic carbocycles. The Labute approximate surface area is 123 Å². The van der Waals surface area contributed by atoms with E-state index in [-0.39, 0.29) is 11.9 Å². The third-order valence-electron chi connectivity index (χ3n) is 3.02. The fourth-order valence-electron chi connectivity index (χ4n) is 2.06. The van der Waals surface area contributed by atoms with Gasteiger partial charge in [0.15, 0.2) is 0 Å². The molecule has 1 aliphatic rings. The smallest absolute Gasteiger partial charge is 0.234 e. The van der Waals surface area contributed by atoms with Crippen LogP contribution in [-0.4, -0.2) is 24.2 Å². The SMILES string of the molecule is CC(C)NCC(=O)NC1CCSc2ccc(Cl)cc21. The van der Waals surface area contributed by atoms with Crippen molar-refractivity contribution in [3.05, 3.63) is 28.8 Å². The molecule has 1 amide bonds. The Hall–Kier alpha value is -0.710. The minimum absolute atomic E-state index is 0.0384. The van der Waals surface area contributed by atoms with Crippen molar-refractivity contribution >= 4 is 29.3 Å². The first-order valence-electron chi connectivity index (χ1n) is 6.51. The topological polar surface area (TPSA) is 41.1 Å². The molecule has 0 saturated carbocycles. The summed E-state index contributed by atoms with van der Waals surface area (Å²) in [6.45, 7) is 4.41. The van der Waals surface area contributed by atoms with Gasteiger partial charge in [-0.15, -0.1) is 11.8 Å². The summed E-state index contributed by atoms with van der Waals surface area (Å²) in [5, 5.41) is 6.93. The van der Waals surface area contributed by atoms with Gasteiger partial charge in [-0.1, -0.05) is 25.4 Å². The maximum absolute atomic E-state index is 11.9. The second-order valence-electron chi connectivity index (χ2n) is 4.97. The molecule has 1 atom stereocenters. The summed E-state index contributed by atoms with van der Waals surface area (Å²) in [7, 11) is 0. The number of carbonyl (C=O) groups is 1. The Balaban J connectivity index is 2.03. The number of thioether (sulfide) groups is 1. The third-order valence-corrected chi connectivity index (χ3v) is 4.38. The molecule has 3 nitrogen and oxygen atoms in total. The predicted octanol–water partition coefficient (Wildman–Crippen LogP) is 2.99. The molecule has 0 fully saturated rings. The number of hydrogen-bond donors (Lipinski definition) is 2. The van der Waals surface area contributed by atoms with E-state index in [1.807, 2.05) is 43.8 Å². The van der Waals surface area contributed by atoms with Crippen molar-refractivity contribution in [2.45, 2.75) is 37.2 Å². The van der Waals surface area contributed by atoms with Gasteiger partial charge in [-0.3, -0.25) is 4.79 Å². The lowest BCUT2D eigenvalue weighted by Gasteiger charge is -2.26. The van der Waals surface area contributed by atoms with E-state index in [1.54, 1.807) is 0 Å². The van der Waals surface area contributed by atoms with E-state index in [4.69, 9.17) is 11.6 Å². The largest absolute Gasteiger partial charge is 0.348 e. The van der Waals surface area contributed by atoms with Crippen LogP contribution < -0.4 is 10.6 Å². The molecule has 0 spiro atoms. The van der Waals surface area contributed by atoms with Crippen LogP contribution in [0.5, 0.6) is 0 Å². The van der Waals surface area contributed by atoms with Gasteiger partial charge < -0.3 is 10.6 Å². The summed E-state index contributed by atoms with van der Waals surface area (Å²) in [6, 6.07) is 6.29. The summed E-state index contributed by atoms with van der Waals surface area (Å²) in [6.07, 6.45) is 0.950. The zero-order valence-corrected chi connectivity index (χ0v) is 12.8. The summed E-state index contributed by atoms with van der Waals surface area (Å²) in [5.74, 6) is 1.06. The molecule has 2 rings (SSSR count). The second-order valence-corrected chi connectivity index (χ2v) is 6.55. The van der Waals surface area contributed by atoms with E-state index < -0.39 is 0 Å². The van der Waals surface area contributed by atoms with Gasteiger partial charge in [-0.05, 0) is 30.2 Å². The highest BCUT2D eigenvalue weighted by molar-refractivity contribution is 7.99. The van der Waals surface area contributed by atoms with Crippen molar-refractivity contribution in [1.29, 1.82) is 0 Å². The van der Waals surface area contributed by atoms with Gasteiger partial charge in [0.05, 0.1) is 12.6 Å². The molecule has 1 aliphatic heterocycles. The quantitative estimate of drug-likeness (QED) is 0.898. The maximum Gasteiger partial charge on any atom is 0.234 e. The number of halogens is 1. The Kier molecular flexibility index (Phi) is 5.13. The number of amides is 1. The van der Waals surface area contributed by atoms with Gasteiger partial charge in [0.25, 0.3) is 0 Å². The highest BCUT2D eigenvalue weighted by Crippen LogP contribution is 2.37.